The Kier molecular flexibility index (Phi) is 9.10. The molecule has 6 N–H and O–H groups in total. The van der Waals surface area contributed by atoms with Gasteiger partial charge in [-0.3, -0.25) is 14.4 Å². The number of piperidine rings is 1. The second kappa shape index (κ2) is 13.4. The molecule has 0 radical (unpaired) electrons. The Bertz CT molecular complexity index is 1930. The largest absolute Gasteiger partial charge is 0.507 e. The summed E-state index contributed by atoms with van der Waals surface area (Å²) in [5.74, 6) is -2.81. The van der Waals surface area contributed by atoms with Gasteiger partial charge in [-0.05, 0) is 86.0 Å². The number of carbonyl (C=O) groups is 3. The number of fused-ring (bicyclic) bond motifs is 3. The van der Waals surface area contributed by atoms with Gasteiger partial charge in [0.2, 0.25) is 6.29 Å². The van der Waals surface area contributed by atoms with Crippen molar-refractivity contribution in [1.82, 2.24) is 5.32 Å². The lowest BCUT2D eigenvalue weighted by atomic mass is 9.74. The van der Waals surface area contributed by atoms with Crippen molar-refractivity contribution in [3.8, 4) is 17.2 Å². The third-order valence-corrected chi connectivity index (χ3v) is 10.2. The van der Waals surface area contributed by atoms with Gasteiger partial charge in [0.1, 0.15) is 35.6 Å². The number of esters is 1. The number of allylic oxidation sites excluding steroid dienone is 1. The number of phenolic OH excluding ortho intramolecular Hbond substituents is 1. The Morgan fingerprint density at radius 2 is 1.66 bits per heavy atom. The van der Waals surface area contributed by atoms with Crippen LogP contribution in [0.5, 0.6) is 17.2 Å². The van der Waals surface area contributed by atoms with Crippen LogP contribution in [0.4, 0.5) is 0 Å². The molecule has 0 unspecified atom stereocenters. The summed E-state index contributed by atoms with van der Waals surface area (Å²) in [5, 5.41) is 57.3. The predicted molar refractivity (Wildman–Crippen MR) is 179 cm³/mol. The van der Waals surface area contributed by atoms with Gasteiger partial charge >= 0.3 is 5.97 Å². The third-order valence-electron chi connectivity index (χ3n) is 10.2. The highest BCUT2D eigenvalue weighted by molar-refractivity contribution is 6.31. The topological polar surface area (TPSA) is 192 Å². The van der Waals surface area contributed by atoms with E-state index < -0.39 is 60.6 Å². The van der Waals surface area contributed by atoms with Gasteiger partial charge in [-0.2, -0.15) is 0 Å². The van der Waals surface area contributed by atoms with Crippen LogP contribution < -0.4 is 14.8 Å². The molecule has 12 heteroatoms. The molecule has 2 aliphatic carbocycles. The lowest BCUT2D eigenvalue weighted by molar-refractivity contribution is -0.268. The van der Waals surface area contributed by atoms with E-state index in [1.807, 2.05) is 30.3 Å². The molecule has 12 nitrogen and oxygen atoms in total. The number of aliphatic hydroxyl groups excluding tert-OH is 4. The average molecular weight is 686 g/mol. The zero-order chi connectivity index (χ0) is 35.4. The van der Waals surface area contributed by atoms with E-state index in [1.165, 1.54) is 26.0 Å². The van der Waals surface area contributed by atoms with Crippen molar-refractivity contribution in [2.45, 2.75) is 82.8 Å². The molecule has 0 bridgehead atoms. The number of ketones is 2. The molecule has 3 aromatic carbocycles. The number of ether oxygens (including phenoxy) is 3. The minimum absolute atomic E-state index is 0.0165. The maximum atomic E-state index is 14.8. The van der Waals surface area contributed by atoms with Gasteiger partial charge < -0.3 is 45.1 Å². The normalized spacial score (nSPS) is 24.9. The molecule has 2 heterocycles. The number of hydrogen-bond acceptors (Lipinski definition) is 12. The maximum absolute atomic E-state index is 14.8. The van der Waals surface area contributed by atoms with Crippen LogP contribution in [0.2, 0.25) is 0 Å². The number of aliphatic hydroxyl groups is 4. The van der Waals surface area contributed by atoms with E-state index in [4.69, 9.17) is 14.2 Å². The minimum Gasteiger partial charge on any atom is -0.507 e. The molecule has 3 aromatic rings. The number of phenols is 1. The highest BCUT2D eigenvalue weighted by Crippen LogP contribution is 2.49. The van der Waals surface area contributed by atoms with Crippen LogP contribution in [0.25, 0.3) is 11.6 Å². The first-order valence-corrected chi connectivity index (χ1v) is 16.8. The number of aryl methyl sites for hydroxylation is 1. The van der Waals surface area contributed by atoms with Crippen molar-refractivity contribution in [2.75, 3.05) is 13.1 Å². The van der Waals surface area contributed by atoms with Crippen LogP contribution in [0.1, 0.15) is 98.7 Å². The molecule has 2 fully saturated rings. The fourth-order valence-corrected chi connectivity index (χ4v) is 7.67. The first kappa shape index (κ1) is 34.0. The number of aromatic hydroxyl groups is 1. The molecule has 2 saturated heterocycles. The first-order valence-electron chi connectivity index (χ1n) is 16.8. The summed E-state index contributed by atoms with van der Waals surface area (Å²) in [6, 6.07) is 10.5. The summed E-state index contributed by atoms with van der Waals surface area (Å²) in [7, 11) is 0. The van der Waals surface area contributed by atoms with Crippen LogP contribution in [0.3, 0.4) is 0 Å². The Morgan fingerprint density at radius 1 is 0.920 bits per heavy atom. The zero-order valence-corrected chi connectivity index (χ0v) is 27.6. The quantitative estimate of drug-likeness (QED) is 0.129. The van der Waals surface area contributed by atoms with Crippen molar-refractivity contribution in [3.63, 3.8) is 0 Å². The highest BCUT2D eigenvalue weighted by Gasteiger charge is 2.45. The summed E-state index contributed by atoms with van der Waals surface area (Å²) in [6.45, 7) is 3.29. The molecule has 50 heavy (non-hydrogen) atoms. The molecular formula is C38H39NO11. The van der Waals surface area contributed by atoms with Crippen LogP contribution >= 0.6 is 0 Å². The minimum atomic E-state index is -1.68. The van der Waals surface area contributed by atoms with Gasteiger partial charge in [0, 0.05) is 34.7 Å². The predicted octanol–water partition coefficient (Wildman–Crippen LogP) is 2.75. The molecule has 0 amide bonds. The maximum Gasteiger partial charge on any atom is 0.308 e. The smallest absolute Gasteiger partial charge is 0.308 e. The number of benzene rings is 3. The van der Waals surface area contributed by atoms with E-state index in [-0.39, 0.29) is 56.4 Å². The van der Waals surface area contributed by atoms with E-state index in [0.717, 1.165) is 11.1 Å². The number of nitrogens with one attached hydrogen (secondary N) is 1. The second-order valence-electron chi connectivity index (χ2n) is 13.3. The fraction of sp³-hybridized carbons (Fsp3) is 0.395. The molecular weight excluding hydrogens is 646 g/mol. The van der Waals surface area contributed by atoms with Gasteiger partial charge in [0.15, 0.2) is 11.6 Å². The Morgan fingerprint density at radius 3 is 2.38 bits per heavy atom. The molecule has 0 spiro atoms. The summed E-state index contributed by atoms with van der Waals surface area (Å²) in [6.07, 6.45) is -2.97. The molecule has 0 saturated carbocycles. The number of hydrogen-bond donors (Lipinski definition) is 6. The van der Waals surface area contributed by atoms with Crippen molar-refractivity contribution < 1.29 is 54.1 Å². The Labute approximate surface area is 287 Å². The molecule has 0 aromatic heterocycles. The molecule has 7 rings (SSSR count). The van der Waals surface area contributed by atoms with Crippen LogP contribution in [-0.2, 0) is 22.6 Å². The van der Waals surface area contributed by atoms with Gasteiger partial charge in [0.05, 0.1) is 18.3 Å². The molecule has 262 valence electrons. The van der Waals surface area contributed by atoms with E-state index in [1.54, 1.807) is 0 Å². The van der Waals surface area contributed by atoms with Gasteiger partial charge in [-0.15, -0.1) is 0 Å². The standard InChI is InChI=1S/C38H39NO11/c1-17-32(42)36(46)37(47)38(48-17)50-26-15-24-30(34(44)28(26)20-9-11-39-12-10-20)35(45)29-23(16-40)14-25(49-18(2)41)27(31(29)33(24)43)22-8-7-19-5-3-4-6-21(19)13-22/h3-6,13-15,17,20,32,36-40,42,44,46-47H,7-12,16H2,1-2H3/t17-,32-,36-,37-,38-/m1/s1. The summed E-state index contributed by atoms with van der Waals surface area (Å²) < 4.78 is 17.5. The lowest BCUT2D eigenvalue weighted by Gasteiger charge is -2.39. The fourth-order valence-electron chi connectivity index (χ4n) is 7.67. The number of carbonyl (C=O) groups excluding carboxylic acids is 3. The van der Waals surface area contributed by atoms with E-state index in [9.17, 15) is 39.9 Å². The van der Waals surface area contributed by atoms with Crippen molar-refractivity contribution in [1.29, 1.82) is 0 Å². The number of rotatable bonds is 6. The zero-order valence-electron chi connectivity index (χ0n) is 27.6. The Hall–Kier alpha value is -4.43. The van der Waals surface area contributed by atoms with E-state index in [2.05, 4.69) is 5.32 Å². The third kappa shape index (κ3) is 5.71. The van der Waals surface area contributed by atoms with Crippen molar-refractivity contribution >= 4 is 29.2 Å². The van der Waals surface area contributed by atoms with E-state index in [0.29, 0.717) is 44.3 Å². The Balaban J connectivity index is 1.44. The monoisotopic (exact) mass is 685 g/mol. The summed E-state index contributed by atoms with van der Waals surface area (Å²) in [5.41, 5.74) is 2.60. The van der Waals surface area contributed by atoms with Crippen molar-refractivity contribution in [2.24, 2.45) is 0 Å². The summed E-state index contributed by atoms with van der Waals surface area (Å²) in [4.78, 5) is 41.8. The van der Waals surface area contributed by atoms with E-state index >= 15 is 0 Å². The lowest BCUT2D eigenvalue weighted by Crippen LogP contribution is -2.58. The van der Waals surface area contributed by atoms with Gasteiger partial charge in [0.25, 0.3) is 0 Å². The average Bonchev–Trinajstić information content (AvgIpc) is 3.11. The van der Waals surface area contributed by atoms with Gasteiger partial charge in [-0.25, -0.2) is 0 Å². The van der Waals surface area contributed by atoms with Crippen LogP contribution in [0.15, 0.2) is 36.4 Å². The second-order valence-corrected chi connectivity index (χ2v) is 13.3. The molecule has 2 aliphatic heterocycles. The highest BCUT2D eigenvalue weighted by atomic mass is 16.7. The molecule has 4 aliphatic rings. The SMILES string of the molecule is CC(=O)Oc1cc(CO)c2c(c1C1=Cc3ccccc3CC1)C(=O)c1cc(O[C@H]3O[C@H](C)[C@@H](O)[C@@H](O)[C@H]3O)c(C3CCNCC3)c(O)c1C2=O. The molecule has 5 atom stereocenters. The first-order chi connectivity index (χ1) is 24.0. The van der Waals surface area contributed by atoms with Crippen LogP contribution in [-0.4, -0.2) is 86.9 Å². The van der Waals surface area contributed by atoms with Gasteiger partial charge in [-0.1, -0.05) is 30.3 Å². The van der Waals surface area contributed by atoms with Crippen molar-refractivity contribution in [3.05, 3.63) is 86.5 Å². The van der Waals surface area contributed by atoms with Crippen LogP contribution in [0, 0.1) is 0 Å². The summed E-state index contributed by atoms with van der Waals surface area (Å²) >= 11 is 0.